The lowest BCUT2D eigenvalue weighted by Gasteiger charge is -2.41. The monoisotopic (exact) mass is 675 g/mol. The molecule has 3 heterocycles. The third kappa shape index (κ3) is 4.64. The molecule has 5 nitrogen and oxygen atoms in total. The molecule has 244 valence electrons. The maximum atomic E-state index is 5.01. The molecule has 0 radical (unpaired) electrons. The highest BCUT2D eigenvalue weighted by Crippen LogP contribution is 2.55. The SMILES string of the molecule is CN1c2ccccc2N(c2ccc(-c3cccc(-c4nc5ccccc5s4)c3)c(N3c4ccccc4N(C)c4ccccc43)c2)c2ccccc21. The number of hydrogen-bond acceptors (Lipinski definition) is 6. The molecule has 0 aliphatic carbocycles. The minimum atomic E-state index is 1.03. The molecule has 51 heavy (non-hydrogen) atoms. The van der Waals surface area contributed by atoms with Crippen LogP contribution in [0, 0.1) is 0 Å². The fourth-order valence-electron chi connectivity index (χ4n) is 7.71. The summed E-state index contributed by atoms with van der Waals surface area (Å²) in [4.78, 5) is 14.5. The number of nitrogens with zero attached hydrogens (tertiary/aromatic N) is 5. The van der Waals surface area contributed by atoms with Crippen molar-refractivity contribution in [3.63, 3.8) is 0 Å². The maximum absolute atomic E-state index is 5.01. The lowest BCUT2D eigenvalue weighted by atomic mass is 9.97. The number of anilines is 10. The average Bonchev–Trinajstić information content (AvgIpc) is 3.63. The van der Waals surface area contributed by atoms with E-state index in [0.29, 0.717) is 0 Å². The predicted octanol–water partition coefficient (Wildman–Crippen LogP) is 12.7. The van der Waals surface area contributed by atoms with Crippen molar-refractivity contribution in [3.8, 4) is 21.7 Å². The molecule has 1 aromatic heterocycles. The molecule has 0 bridgehead atoms. The van der Waals surface area contributed by atoms with E-state index in [4.69, 9.17) is 4.98 Å². The molecule has 10 rings (SSSR count). The molecule has 0 unspecified atom stereocenters. The molecule has 0 N–H and O–H groups in total. The van der Waals surface area contributed by atoms with Crippen LogP contribution in [0.25, 0.3) is 31.9 Å². The summed E-state index contributed by atoms with van der Waals surface area (Å²) in [5.41, 5.74) is 15.9. The van der Waals surface area contributed by atoms with Crippen LogP contribution in [0.1, 0.15) is 0 Å². The second-order valence-corrected chi connectivity index (χ2v) is 14.0. The van der Waals surface area contributed by atoms with Crippen LogP contribution in [0.5, 0.6) is 0 Å². The van der Waals surface area contributed by atoms with Crippen LogP contribution < -0.4 is 19.6 Å². The van der Waals surface area contributed by atoms with Gasteiger partial charge in [-0.1, -0.05) is 84.9 Å². The molecule has 0 atom stereocenters. The first-order chi connectivity index (χ1) is 25.1. The minimum absolute atomic E-state index is 1.03. The van der Waals surface area contributed by atoms with Crippen LogP contribution in [0.4, 0.5) is 56.9 Å². The Bertz CT molecular complexity index is 2500. The summed E-state index contributed by atoms with van der Waals surface area (Å²) in [7, 11) is 4.31. The first kappa shape index (κ1) is 29.5. The lowest BCUT2D eigenvalue weighted by molar-refractivity contribution is 1.12. The molecule has 6 heteroatoms. The molecule has 7 aromatic carbocycles. The van der Waals surface area contributed by atoms with Gasteiger partial charge in [-0.25, -0.2) is 4.98 Å². The zero-order valence-corrected chi connectivity index (χ0v) is 29.0. The van der Waals surface area contributed by atoms with E-state index in [-0.39, 0.29) is 0 Å². The van der Waals surface area contributed by atoms with Crippen LogP contribution in [-0.4, -0.2) is 19.1 Å². The zero-order chi connectivity index (χ0) is 34.1. The number of aromatic nitrogens is 1. The number of para-hydroxylation sites is 9. The predicted molar refractivity (Wildman–Crippen MR) is 216 cm³/mol. The van der Waals surface area contributed by atoms with Crippen molar-refractivity contribution < 1.29 is 0 Å². The van der Waals surface area contributed by atoms with Gasteiger partial charge in [0, 0.05) is 30.9 Å². The molecular weight excluding hydrogens is 643 g/mol. The number of rotatable bonds is 4. The van der Waals surface area contributed by atoms with Gasteiger partial charge in [-0.15, -0.1) is 11.3 Å². The Kier molecular flexibility index (Phi) is 6.73. The molecule has 0 fully saturated rings. The van der Waals surface area contributed by atoms with Gasteiger partial charge in [-0.2, -0.15) is 0 Å². The Hall–Kier alpha value is -6.37. The van der Waals surface area contributed by atoms with E-state index in [1.165, 1.54) is 16.1 Å². The number of hydrogen-bond donors (Lipinski definition) is 0. The zero-order valence-electron chi connectivity index (χ0n) is 28.2. The smallest absolute Gasteiger partial charge is 0.124 e. The first-order valence-corrected chi connectivity index (χ1v) is 18.0. The Labute approximate surface area is 301 Å². The van der Waals surface area contributed by atoms with Crippen molar-refractivity contribution >= 4 is 78.4 Å². The molecule has 0 amide bonds. The molecule has 0 spiro atoms. The van der Waals surface area contributed by atoms with E-state index in [2.05, 4.69) is 197 Å². The van der Waals surface area contributed by atoms with Crippen molar-refractivity contribution in [3.05, 3.63) is 164 Å². The van der Waals surface area contributed by atoms with Gasteiger partial charge in [-0.3, -0.25) is 0 Å². The van der Waals surface area contributed by atoms with Gasteiger partial charge in [-0.05, 0) is 84.4 Å². The molecular formula is C45H33N5S. The first-order valence-electron chi connectivity index (χ1n) is 17.2. The minimum Gasteiger partial charge on any atom is -0.341 e. The van der Waals surface area contributed by atoms with Gasteiger partial charge >= 0.3 is 0 Å². The van der Waals surface area contributed by atoms with Crippen molar-refractivity contribution in [1.29, 1.82) is 0 Å². The lowest BCUT2D eigenvalue weighted by Crippen LogP contribution is -2.25. The summed E-state index contributed by atoms with van der Waals surface area (Å²) in [6, 6.07) is 58.9. The van der Waals surface area contributed by atoms with E-state index in [1.54, 1.807) is 11.3 Å². The highest BCUT2D eigenvalue weighted by Gasteiger charge is 2.31. The van der Waals surface area contributed by atoms with Crippen molar-refractivity contribution in [2.24, 2.45) is 0 Å². The van der Waals surface area contributed by atoms with Gasteiger partial charge in [0.1, 0.15) is 5.01 Å². The fraction of sp³-hybridized carbons (Fsp3) is 0.0444. The molecule has 0 saturated heterocycles. The largest absolute Gasteiger partial charge is 0.341 e. The Balaban J connectivity index is 1.22. The van der Waals surface area contributed by atoms with E-state index in [1.807, 2.05) is 0 Å². The summed E-state index contributed by atoms with van der Waals surface area (Å²) in [5, 5.41) is 1.03. The molecule has 2 aliphatic heterocycles. The average molecular weight is 676 g/mol. The third-order valence-corrected chi connectivity index (χ3v) is 11.2. The second-order valence-electron chi connectivity index (χ2n) is 13.0. The quantitative estimate of drug-likeness (QED) is 0.185. The standard InChI is InChI=1S/C45H33N5S/c1-47-35-17-4-8-21-39(35)49(40-22-9-5-18-36(40)47)32-26-27-33(30-14-13-15-31(28-30)45-46-34-16-3-12-25-44(34)51-45)43(29-32)50-41-23-10-6-19-37(41)48(2)38-20-7-11-24-42(38)50/h3-29H,1-2H3. The van der Waals surface area contributed by atoms with E-state index in [0.717, 1.165) is 72.7 Å². The maximum Gasteiger partial charge on any atom is 0.124 e. The topological polar surface area (TPSA) is 25.9 Å². The Morgan fingerprint density at radius 3 is 1.47 bits per heavy atom. The van der Waals surface area contributed by atoms with Gasteiger partial charge in [0.15, 0.2) is 0 Å². The fourth-order valence-corrected chi connectivity index (χ4v) is 8.67. The number of fused-ring (bicyclic) bond motifs is 5. The van der Waals surface area contributed by atoms with E-state index >= 15 is 0 Å². The van der Waals surface area contributed by atoms with E-state index in [9.17, 15) is 0 Å². The van der Waals surface area contributed by atoms with Crippen LogP contribution in [0.3, 0.4) is 0 Å². The summed E-state index contributed by atoms with van der Waals surface area (Å²) in [6.07, 6.45) is 0. The van der Waals surface area contributed by atoms with Crippen molar-refractivity contribution in [2.75, 3.05) is 33.7 Å². The van der Waals surface area contributed by atoms with Gasteiger partial charge in [0.05, 0.1) is 61.4 Å². The van der Waals surface area contributed by atoms with Crippen molar-refractivity contribution in [2.45, 2.75) is 0 Å². The highest BCUT2D eigenvalue weighted by molar-refractivity contribution is 7.21. The van der Waals surface area contributed by atoms with Crippen LogP contribution in [0.15, 0.2) is 164 Å². The van der Waals surface area contributed by atoms with Crippen LogP contribution in [0.2, 0.25) is 0 Å². The molecule has 2 aliphatic rings. The number of thiazole rings is 1. The summed E-state index contributed by atoms with van der Waals surface area (Å²) in [6.45, 7) is 0. The van der Waals surface area contributed by atoms with Crippen LogP contribution in [-0.2, 0) is 0 Å². The van der Waals surface area contributed by atoms with Crippen molar-refractivity contribution in [1.82, 2.24) is 4.98 Å². The second kappa shape index (κ2) is 11.6. The normalized spacial score (nSPS) is 13.1. The van der Waals surface area contributed by atoms with E-state index < -0.39 is 0 Å². The summed E-state index contributed by atoms with van der Waals surface area (Å²) >= 11 is 1.74. The van der Waals surface area contributed by atoms with Gasteiger partial charge in [0.25, 0.3) is 0 Å². The highest BCUT2D eigenvalue weighted by atomic mass is 32.1. The third-order valence-electron chi connectivity index (χ3n) is 10.1. The molecule has 8 aromatic rings. The van der Waals surface area contributed by atoms with Gasteiger partial charge in [0.2, 0.25) is 0 Å². The molecule has 0 saturated carbocycles. The Morgan fingerprint density at radius 1 is 0.412 bits per heavy atom. The van der Waals surface area contributed by atoms with Crippen LogP contribution >= 0.6 is 11.3 Å². The van der Waals surface area contributed by atoms with Gasteiger partial charge < -0.3 is 19.6 Å². The Morgan fingerprint density at radius 2 is 0.902 bits per heavy atom. The summed E-state index contributed by atoms with van der Waals surface area (Å²) in [5.74, 6) is 0. The number of benzene rings is 7. The summed E-state index contributed by atoms with van der Waals surface area (Å²) < 4.78 is 1.20.